The number of phenols is 1. The van der Waals surface area contributed by atoms with Gasteiger partial charge in [-0.25, -0.2) is 0 Å². The second-order valence-corrected chi connectivity index (χ2v) is 12.1. The summed E-state index contributed by atoms with van der Waals surface area (Å²) < 4.78 is 0. The van der Waals surface area contributed by atoms with Crippen LogP contribution in [-0.2, 0) is 25.6 Å². The Kier molecular flexibility index (Phi) is 7.19. The number of carbonyl (C=O) groups is 5. The van der Waals surface area contributed by atoms with Crippen molar-refractivity contribution >= 4 is 29.0 Å². The number of Topliss-reactive ketones (excluding diaryl/α,β-unsaturated/α-hetero) is 4. The maximum atomic E-state index is 14.2. The van der Waals surface area contributed by atoms with Crippen LogP contribution in [0.25, 0.3) is 0 Å². The van der Waals surface area contributed by atoms with Crippen molar-refractivity contribution in [3.63, 3.8) is 0 Å². The average molecular weight is 526 g/mol. The fraction of sp³-hybridized carbons (Fsp3) is 0.633. The number of rotatable bonds is 7. The summed E-state index contributed by atoms with van der Waals surface area (Å²) in [7, 11) is 0. The van der Waals surface area contributed by atoms with Crippen molar-refractivity contribution in [1.29, 1.82) is 0 Å². The van der Waals surface area contributed by atoms with Crippen LogP contribution < -0.4 is 5.73 Å². The van der Waals surface area contributed by atoms with Crippen molar-refractivity contribution < 1.29 is 34.2 Å². The van der Waals surface area contributed by atoms with Gasteiger partial charge in [-0.2, -0.15) is 0 Å². The van der Waals surface area contributed by atoms with E-state index < -0.39 is 63.7 Å². The molecule has 38 heavy (non-hydrogen) atoms. The number of unbranched alkanes of at least 4 members (excludes halogenated alkanes) is 1. The van der Waals surface area contributed by atoms with Crippen LogP contribution in [0.1, 0.15) is 94.1 Å². The summed E-state index contributed by atoms with van der Waals surface area (Å²) in [6.07, 6.45) is 3.71. The number of carbonyl (C=O) groups excluding carboxylic acids is 5. The van der Waals surface area contributed by atoms with Gasteiger partial charge < -0.3 is 15.9 Å². The number of hydrogen-bond acceptors (Lipinski definition) is 7. The maximum Gasteiger partial charge on any atom is 0.235 e. The molecular weight excluding hydrogens is 486 g/mol. The minimum atomic E-state index is -2.68. The van der Waals surface area contributed by atoms with E-state index in [1.165, 1.54) is 6.07 Å². The van der Waals surface area contributed by atoms with E-state index in [2.05, 4.69) is 13.8 Å². The van der Waals surface area contributed by atoms with Gasteiger partial charge in [0.05, 0.1) is 11.5 Å². The molecule has 7 atom stereocenters. The molecule has 1 aromatic rings. The Labute approximate surface area is 223 Å². The predicted octanol–water partition coefficient (Wildman–Crippen LogP) is 3.28. The Bertz CT molecular complexity index is 1220. The smallest absolute Gasteiger partial charge is 0.235 e. The van der Waals surface area contributed by atoms with Gasteiger partial charge in [-0.3, -0.25) is 24.0 Å². The first-order valence-corrected chi connectivity index (χ1v) is 13.8. The van der Waals surface area contributed by atoms with Gasteiger partial charge in [0, 0.05) is 11.8 Å². The van der Waals surface area contributed by atoms with E-state index in [1.54, 1.807) is 13.8 Å². The lowest BCUT2D eigenvalue weighted by Gasteiger charge is -2.57. The third-order valence-corrected chi connectivity index (χ3v) is 9.69. The minimum Gasteiger partial charge on any atom is -0.507 e. The third kappa shape index (κ3) is 3.78. The molecule has 0 aromatic heterocycles. The summed E-state index contributed by atoms with van der Waals surface area (Å²) in [6.45, 7) is 9.56. The van der Waals surface area contributed by atoms with Crippen LogP contribution in [-0.4, -0.2) is 44.9 Å². The molecular formula is C30H39NO7. The van der Waals surface area contributed by atoms with Crippen molar-refractivity contribution in [3.05, 3.63) is 28.8 Å². The number of benzene rings is 1. The van der Waals surface area contributed by atoms with E-state index in [0.717, 1.165) is 24.8 Å². The molecule has 0 spiro atoms. The summed E-state index contributed by atoms with van der Waals surface area (Å²) in [5, 5.41) is 22.6. The SMILES string of the molecule is CCCCC(C)c1ccc(O)c2c1CC1(CC)CC3C(C(C)C)C(=O)C(C(N)=O)C(=O)C3(O)C(=O)C1C2=O. The van der Waals surface area contributed by atoms with Crippen LogP contribution in [0, 0.1) is 35.0 Å². The van der Waals surface area contributed by atoms with E-state index in [1.807, 2.05) is 13.0 Å². The molecule has 1 aromatic carbocycles. The first-order valence-electron chi connectivity index (χ1n) is 13.8. The van der Waals surface area contributed by atoms with Crippen molar-refractivity contribution in [2.45, 2.75) is 84.7 Å². The number of aromatic hydroxyl groups is 1. The molecule has 7 unspecified atom stereocenters. The van der Waals surface area contributed by atoms with E-state index in [9.17, 15) is 34.2 Å². The summed E-state index contributed by atoms with van der Waals surface area (Å²) in [4.78, 5) is 67.3. The van der Waals surface area contributed by atoms with Gasteiger partial charge in [-0.05, 0) is 60.1 Å². The predicted molar refractivity (Wildman–Crippen MR) is 139 cm³/mol. The van der Waals surface area contributed by atoms with Crippen LogP contribution in [0.4, 0.5) is 0 Å². The van der Waals surface area contributed by atoms with Crippen LogP contribution >= 0.6 is 0 Å². The molecule has 4 rings (SSSR count). The zero-order valence-corrected chi connectivity index (χ0v) is 22.9. The molecule has 0 aliphatic heterocycles. The standard InChI is InChI=1S/C30H39NO7/c1-6-8-9-15(5)16-10-11-19(32)21-17(16)12-29(7-2)13-18-20(14(3)4)24(33)22(28(31)37)26(35)30(18,38)27(36)23(29)25(21)34/h10-11,14-15,18,20,22-23,32,38H,6-9,12-13H2,1-5H3,(H2,31,37). The van der Waals surface area contributed by atoms with Gasteiger partial charge in [0.15, 0.2) is 34.7 Å². The van der Waals surface area contributed by atoms with Gasteiger partial charge in [-0.1, -0.05) is 53.5 Å². The zero-order valence-electron chi connectivity index (χ0n) is 22.9. The van der Waals surface area contributed by atoms with Gasteiger partial charge in [0.1, 0.15) is 5.75 Å². The van der Waals surface area contributed by atoms with Crippen LogP contribution in [0.15, 0.2) is 12.1 Å². The number of amides is 1. The fourth-order valence-electron chi connectivity index (χ4n) is 7.66. The number of primary amides is 1. The van der Waals surface area contributed by atoms with Gasteiger partial charge in [-0.15, -0.1) is 0 Å². The Morgan fingerprint density at radius 3 is 2.32 bits per heavy atom. The monoisotopic (exact) mass is 525 g/mol. The highest BCUT2D eigenvalue weighted by Crippen LogP contribution is 2.59. The zero-order chi connectivity index (χ0) is 28.3. The van der Waals surface area contributed by atoms with Crippen molar-refractivity contribution in [3.8, 4) is 5.75 Å². The Morgan fingerprint density at radius 1 is 1.11 bits per heavy atom. The number of phenolic OH excluding ortho intramolecular Hbond substituents is 1. The van der Waals surface area contributed by atoms with E-state index in [-0.39, 0.29) is 29.6 Å². The van der Waals surface area contributed by atoms with E-state index >= 15 is 0 Å². The van der Waals surface area contributed by atoms with Crippen LogP contribution in [0.3, 0.4) is 0 Å². The molecule has 0 bridgehead atoms. The lowest BCUT2D eigenvalue weighted by molar-refractivity contribution is -0.187. The molecule has 8 heteroatoms. The van der Waals surface area contributed by atoms with Crippen molar-refractivity contribution in [2.75, 3.05) is 0 Å². The lowest BCUT2D eigenvalue weighted by atomic mass is 9.44. The highest BCUT2D eigenvalue weighted by atomic mass is 16.3. The normalized spacial score (nSPS) is 33.6. The Balaban J connectivity index is 1.93. The minimum absolute atomic E-state index is 0.0709. The van der Waals surface area contributed by atoms with Gasteiger partial charge in [0.2, 0.25) is 5.91 Å². The lowest BCUT2D eigenvalue weighted by Crippen LogP contribution is -2.73. The maximum absolute atomic E-state index is 14.2. The second kappa shape index (κ2) is 9.70. The Hall–Kier alpha value is -2.87. The second-order valence-electron chi connectivity index (χ2n) is 12.1. The highest BCUT2D eigenvalue weighted by molar-refractivity contribution is 6.32. The first kappa shape index (κ1) is 28.1. The number of hydrogen-bond donors (Lipinski definition) is 3. The van der Waals surface area contributed by atoms with Gasteiger partial charge >= 0.3 is 0 Å². The van der Waals surface area contributed by atoms with E-state index in [4.69, 9.17) is 5.73 Å². The molecule has 4 N–H and O–H groups in total. The quantitative estimate of drug-likeness (QED) is 0.462. The number of ketones is 4. The molecule has 2 fully saturated rings. The van der Waals surface area contributed by atoms with Crippen LogP contribution in [0.2, 0.25) is 0 Å². The molecule has 0 radical (unpaired) electrons. The van der Waals surface area contributed by atoms with Crippen LogP contribution in [0.5, 0.6) is 5.75 Å². The summed E-state index contributed by atoms with van der Waals surface area (Å²) >= 11 is 0. The largest absolute Gasteiger partial charge is 0.507 e. The molecule has 0 saturated heterocycles. The Morgan fingerprint density at radius 2 is 1.76 bits per heavy atom. The molecule has 3 aliphatic carbocycles. The van der Waals surface area contributed by atoms with Crippen molar-refractivity contribution in [2.24, 2.45) is 40.7 Å². The first-order chi connectivity index (χ1) is 17.8. The molecule has 3 aliphatic rings. The molecule has 206 valence electrons. The van der Waals surface area contributed by atoms with Gasteiger partial charge in [0.25, 0.3) is 0 Å². The molecule has 8 nitrogen and oxygen atoms in total. The third-order valence-electron chi connectivity index (χ3n) is 9.69. The van der Waals surface area contributed by atoms with E-state index in [0.29, 0.717) is 18.4 Å². The molecule has 1 amide bonds. The fourth-order valence-corrected chi connectivity index (χ4v) is 7.66. The average Bonchev–Trinajstić information content (AvgIpc) is 2.84. The summed E-state index contributed by atoms with van der Waals surface area (Å²) in [6, 6.07) is 3.31. The molecule has 2 saturated carbocycles. The summed E-state index contributed by atoms with van der Waals surface area (Å²) in [5.74, 6) is -10.5. The number of aliphatic hydroxyl groups is 1. The topological polar surface area (TPSA) is 152 Å². The molecule has 0 heterocycles. The van der Waals surface area contributed by atoms with Crippen molar-refractivity contribution in [1.82, 2.24) is 0 Å². The summed E-state index contributed by atoms with van der Waals surface area (Å²) in [5.41, 5.74) is 3.51. The highest BCUT2D eigenvalue weighted by Gasteiger charge is 2.72. The number of fused-ring (bicyclic) bond motifs is 3. The number of nitrogens with two attached hydrogens (primary N) is 1.